The number of carbonyl (C=O) groups is 3. The molecule has 3 aromatic carbocycles. The first-order valence-electron chi connectivity index (χ1n) is 10.1. The summed E-state index contributed by atoms with van der Waals surface area (Å²) >= 11 is 7.94. The molecule has 6 nitrogen and oxygen atoms in total. The normalized spacial score (nSPS) is 15.0. The van der Waals surface area contributed by atoms with Gasteiger partial charge in [-0.05, 0) is 122 Å². The first-order valence-corrected chi connectivity index (χ1v) is 13.0. The Hall–Kier alpha value is -2.25. The highest BCUT2D eigenvalue weighted by molar-refractivity contribution is 14.1. The number of nitrogens with one attached hydrogen (secondary N) is 1. The van der Waals surface area contributed by atoms with E-state index in [4.69, 9.17) is 4.74 Å². The maximum atomic E-state index is 13.1. The number of amides is 4. The first-order chi connectivity index (χ1) is 16.2. The van der Waals surface area contributed by atoms with Crippen molar-refractivity contribution in [1.29, 1.82) is 0 Å². The van der Waals surface area contributed by atoms with E-state index < -0.39 is 17.8 Å². The minimum absolute atomic E-state index is 0.129. The van der Waals surface area contributed by atoms with Crippen LogP contribution in [0.15, 0.2) is 70.7 Å². The topological polar surface area (TPSA) is 75.7 Å². The van der Waals surface area contributed by atoms with Crippen LogP contribution in [0.1, 0.15) is 16.7 Å². The predicted molar refractivity (Wildman–Crippen MR) is 151 cm³/mol. The molecule has 4 rings (SSSR count). The number of ether oxygens (including phenoxy) is 1. The fraction of sp³-hybridized carbons (Fsp3) is 0.0800. The number of nitrogens with zero attached hydrogens (tertiary/aromatic N) is 1. The van der Waals surface area contributed by atoms with Crippen molar-refractivity contribution >= 4 is 90.7 Å². The van der Waals surface area contributed by atoms with Crippen LogP contribution in [-0.4, -0.2) is 17.8 Å². The van der Waals surface area contributed by atoms with Crippen LogP contribution in [0.25, 0.3) is 6.08 Å². The first kappa shape index (κ1) is 24.9. The van der Waals surface area contributed by atoms with Gasteiger partial charge in [-0.3, -0.25) is 14.9 Å². The van der Waals surface area contributed by atoms with Crippen LogP contribution in [0.3, 0.4) is 0 Å². The summed E-state index contributed by atoms with van der Waals surface area (Å²) in [7, 11) is 0. The number of hydrogen-bond donors (Lipinski definition) is 1. The zero-order valence-corrected chi connectivity index (χ0v) is 23.7. The highest BCUT2D eigenvalue weighted by Crippen LogP contribution is 2.34. The average molecular weight is 743 g/mol. The number of benzene rings is 3. The van der Waals surface area contributed by atoms with Gasteiger partial charge in [-0.15, -0.1) is 0 Å². The molecule has 0 spiro atoms. The van der Waals surface area contributed by atoms with Crippen LogP contribution in [0.2, 0.25) is 0 Å². The molecule has 0 aliphatic carbocycles. The monoisotopic (exact) mass is 742 g/mol. The number of carbonyl (C=O) groups excluding carboxylic acids is 3. The minimum Gasteiger partial charge on any atom is -0.487 e. The molecular weight excluding hydrogens is 726 g/mol. The van der Waals surface area contributed by atoms with E-state index in [0.717, 1.165) is 23.2 Å². The summed E-state index contributed by atoms with van der Waals surface area (Å²) in [6.45, 7) is 2.31. The maximum Gasteiger partial charge on any atom is 0.335 e. The van der Waals surface area contributed by atoms with E-state index in [1.165, 1.54) is 6.08 Å². The molecule has 0 unspecified atom stereocenters. The van der Waals surface area contributed by atoms with Crippen molar-refractivity contribution in [2.24, 2.45) is 0 Å². The number of rotatable bonds is 5. The van der Waals surface area contributed by atoms with Gasteiger partial charge in [0.2, 0.25) is 0 Å². The van der Waals surface area contributed by atoms with Gasteiger partial charge in [-0.25, -0.2) is 9.69 Å². The predicted octanol–water partition coefficient (Wildman–Crippen LogP) is 6.21. The zero-order valence-electron chi connectivity index (χ0n) is 17.8. The Morgan fingerprint density at radius 1 is 1.00 bits per heavy atom. The van der Waals surface area contributed by atoms with Crippen LogP contribution in [0.5, 0.6) is 5.75 Å². The lowest BCUT2D eigenvalue weighted by atomic mass is 10.1. The second-order valence-electron chi connectivity index (χ2n) is 7.52. The van der Waals surface area contributed by atoms with Gasteiger partial charge in [0.1, 0.15) is 17.9 Å². The van der Waals surface area contributed by atoms with Crippen LogP contribution in [-0.2, 0) is 16.2 Å². The van der Waals surface area contributed by atoms with E-state index in [1.807, 2.05) is 37.3 Å². The van der Waals surface area contributed by atoms with Crippen molar-refractivity contribution < 1.29 is 19.1 Å². The number of halogens is 3. The van der Waals surface area contributed by atoms with Crippen molar-refractivity contribution in [2.75, 3.05) is 4.90 Å². The Balaban J connectivity index is 1.60. The second kappa shape index (κ2) is 10.6. The van der Waals surface area contributed by atoms with Gasteiger partial charge in [0.25, 0.3) is 11.8 Å². The van der Waals surface area contributed by atoms with Gasteiger partial charge in [-0.2, -0.15) is 0 Å². The number of imide groups is 2. The molecule has 0 atom stereocenters. The molecular formula is C25H17BrI2N2O4. The van der Waals surface area contributed by atoms with Crippen molar-refractivity contribution in [2.45, 2.75) is 13.5 Å². The van der Waals surface area contributed by atoms with E-state index >= 15 is 0 Å². The lowest BCUT2D eigenvalue weighted by Gasteiger charge is -2.26. The third-order valence-electron chi connectivity index (χ3n) is 5.02. The summed E-state index contributed by atoms with van der Waals surface area (Å²) in [6, 6.07) is 17.8. The number of barbiturate groups is 1. The van der Waals surface area contributed by atoms with Crippen LogP contribution in [0.4, 0.5) is 10.5 Å². The lowest BCUT2D eigenvalue weighted by molar-refractivity contribution is -0.122. The van der Waals surface area contributed by atoms with E-state index in [-0.39, 0.29) is 5.57 Å². The second-order valence-corrected chi connectivity index (χ2v) is 10.8. The molecule has 1 aliphatic rings. The highest BCUT2D eigenvalue weighted by atomic mass is 127. The Morgan fingerprint density at radius 2 is 1.68 bits per heavy atom. The van der Waals surface area contributed by atoms with Gasteiger partial charge in [0.05, 0.1) is 13.7 Å². The Labute approximate surface area is 232 Å². The molecule has 9 heteroatoms. The molecule has 172 valence electrons. The van der Waals surface area contributed by atoms with Crippen molar-refractivity contribution in [1.82, 2.24) is 5.32 Å². The average Bonchev–Trinajstić information content (AvgIpc) is 2.78. The molecule has 4 amide bonds. The summed E-state index contributed by atoms with van der Waals surface area (Å²) in [5.41, 5.74) is 2.91. The van der Waals surface area contributed by atoms with Crippen LogP contribution < -0.4 is 15.0 Å². The SMILES string of the molecule is Cc1ccc(N2C(=O)NC(=O)/C(=C\c3cc(Br)c(OCc4ccc(I)cc4)c(I)c3)C2=O)cc1. The number of anilines is 1. The van der Waals surface area contributed by atoms with E-state index in [9.17, 15) is 14.4 Å². The van der Waals surface area contributed by atoms with Gasteiger partial charge < -0.3 is 4.74 Å². The summed E-state index contributed by atoms with van der Waals surface area (Å²) in [4.78, 5) is 38.9. The minimum atomic E-state index is -0.772. The summed E-state index contributed by atoms with van der Waals surface area (Å²) in [6.07, 6.45) is 1.47. The molecule has 0 radical (unpaired) electrons. The van der Waals surface area contributed by atoms with Crippen LogP contribution in [0, 0.1) is 14.1 Å². The van der Waals surface area contributed by atoms with Crippen molar-refractivity contribution in [3.8, 4) is 5.75 Å². The number of urea groups is 1. The molecule has 1 N–H and O–H groups in total. The Kier molecular flexibility index (Phi) is 7.73. The van der Waals surface area contributed by atoms with Gasteiger partial charge in [0.15, 0.2) is 0 Å². The molecule has 1 saturated heterocycles. The lowest BCUT2D eigenvalue weighted by Crippen LogP contribution is -2.54. The molecule has 0 bridgehead atoms. The smallest absolute Gasteiger partial charge is 0.335 e. The summed E-state index contributed by atoms with van der Waals surface area (Å²) < 4.78 is 8.65. The van der Waals surface area contributed by atoms with Crippen molar-refractivity contribution in [3.05, 3.63) is 94.5 Å². The molecule has 3 aromatic rings. The summed E-state index contributed by atoms with van der Waals surface area (Å²) in [5.74, 6) is -0.747. The van der Waals surface area contributed by atoms with E-state index in [0.29, 0.717) is 28.1 Å². The Bertz CT molecular complexity index is 1300. The molecule has 1 fully saturated rings. The fourth-order valence-electron chi connectivity index (χ4n) is 3.29. The molecule has 0 saturated carbocycles. The standard InChI is InChI=1S/C25H17BrI2N2O4/c1-14-2-8-18(9-3-14)30-24(32)19(23(31)29-25(30)33)10-16-11-20(26)22(21(28)12-16)34-13-15-4-6-17(27)7-5-15/h2-12H,13H2,1H3,(H,29,31,33)/b19-10+. The molecule has 1 aliphatic heterocycles. The van der Waals surface area contributed by atoms with E-state index in [1.54, 1.807) is 30.3 Å². The largest absolute Gasteiger partial charge is 0.487 e. The maximum absolute atomic E-state index is 13.1. The fourth-order valence-corrected chi connectivity index (χ4v) is 5.42. The molecule has 1 heterocycles. The third kappa shape index (κ3) is 5.52. The van der Waals surface area contributed by atoms with Gasteiger partial charge in [-0.1, -0.05) is 29.8 Å². The Morgan fingerprint density at radius 3 is 2.32 bits per heavy atom. The molecule has 34 heavy (non-hydrogen) atoms. The third-order valence-corrected chi connectivity index (χ3v) is 7.13. The zero-order chi connectivity index (χ0) is 24.4. The van der Waals surface area contributed by atoms with Gasteiger partial charge >= 0.3 is 6.03 Å². The van der Waals surface area contributed by atoms with Crippen LogP contribution >= 0.6 is 61.1 Å². The quantitative estimate of drug-likeness (QED) is 0.192. The number of aryl methyl sites for hydroxylation is 1. The summed E-state index contributed by atoms with van der Waals surface area (Å²) in [5, 5.41) is 2.25. The van der Waals surface area contributed by atoms with Crippen molar-refractivity contribution in [3.63, 3.8) is 0 Å². The molecule has 0 aromatic heterocycles. The number of hydrogen-bond acceptors (Lipinski definition) is 4. The van der Waals surface area contributed by atoms with E-state index in [2.05, 4.69) is 66.4 Å². The highest BCUT2D eigenvalue weighted by Gasteiger charge is 2.36. The van der Waals surface area contributed by atoms with Gasteiger partial charge in [0, 0.05) is 3.57 Å².